The molecule has 20 heavy (non-hydrogen) atoms. The SMILES string of the molecule is CCS(=O)(=O)c1ccc(-c2cc(OC)ccc2[O])cc1. The maximum Gasteiger partial charge on any atom is 0.186 e. The summed E-state index contributed by atoms with van der Waals surface area (Å²) in [6.07, 6.45) is 0. The molecule has 1 radical (unpaired) electrons. The molecule has 5 heteroatoms. The van der Waals surface area contributed by atoms with Gasteiger partial charge in [-0.3, -0.25) is 5.11 Å². The van der Waals surface area contributed by atoms with E-state index in [-0.39, 0.29) is 16.4 Å². The largest absolute Gasteiger partial charge is 0.497 e. The standard InChI is InChI=1S/C15H15O4S/c1-3-20(17,18)13-7-4-11(5-8-13)14-10-12(19-2)6-9-15(14)16/h4-10H,3H2,1-2H3. The van der Waals surface area contributed by atoms with E-state index >= 15 is 0 Å². The molecule has 0 unspecified atom stereocenters. The van der Waals surface area contributed by atoms with Gasteiger partial charge in [0.05, 0.1) is 17.8 Å². The average molecular weight is 291 g/mol. The Balaban J connectivity index is 2.45. The Labute approximate surface area is 118 Å². The minimum atomic E-state index is -3.22. The predicted molar refractivity (Wildman–Crippen MR) is 76.3 cm³/mol. The van der Waals surface area contributed by atoms with E-state index < -0.39 is 9.84 Å². The van der Waals surface area contributed by atoms with E-state index in [0.29, 0.717) is 16.9 Å². The lowest BCUT2D eigenvalue weighted by atomic mass is 10.0. The van der Waals surface area contributed by atoms with Crippen molar-refractivity contribution in [2.45, 2.75) is 11.8 Å². The Morgan fingerprint density at radius 3 is 2.25 bits per heavy atom. The van der Waals surface area contributed by atoms with Gasteiger partial charge in [0.15, 0.2) is 15.6 Å². The van der Waals surface area contributed by atoms with Crippen LogP contribution >= 0.6 is 0 Å². The highest BCUT2D eigenvalue weighted by Crippen LogP contribution is 2.33. The number of methoxy groups -OCH3 is 1. The van der Waals surface area contributed by atoms with E-state index in [2.05, 4.69) is 0 Å². The molecule has 0 N–H and O–H groups in total. The summed E-state index contributed by atoms with van der Waals surface area (Å²) >= 11 is 0. The lowest BCUT2D eigenvalue weighted by molar-refractivity contribution is 0.354. The van der Waals surface area contributed by atoms with Crippen molar-refractivity contribution in [1.82, 2.24) is 0 Å². The molecule has 0 fully saturated rings. The van der Waals surface area contributed by atoms with Crippen LogP contribution in [-0.4, -0.2) is 21.3 Å². The molecule has 0 amide bonds. The summed E-state index contributed by atoms with van der Waals surface area (Å²) in [6.45, 7) is 1.60. The first-order chi connectivity index (χ1) is 9.47. The number of hydrogen-bond donors (Lipinski definition) is 0. The van der Waals surface area contributed by atoms with E-state index in [1.807, 2.05) is 0 Å². The van der Waals surface area contributed by atoms with Crippen LogP contribution in [0.25, 0.3) is 11.1 Å². The quantitative estimate of drug-likeness (QED) is 0.868. The molecule has 0 saturated carbocycles. The highest BCUT2D eigenvalue weighted by Gasteiger charge is 2.13. The Bertz CT molecular complexity index is 703. The van der Waals surface area contributed by atoms with E-state index in [9.17, 15) is 13.5 Å². The van der Waals surface area contributed by atoms with Gasteiger partial charge in [0.1, 0.15) is 5.75 Å². The van der Waals surface area contributed by atoms with Gasteiger partial charge in [-0.15, -0.1) is 0 Å². The summed E-state index contributed by atoms with van der Waals surface area (Å²) < 4.78 is 28.6. The highest BCUT2D eigenvalue weighted by atomic mass is 32.2. The molecule has 0 saturated heterocycles. The minimum absolute atomic E-state index is 0.0539. The maximum atomic E-state index is 11.9. The number of ether oxygens (including phenoxy) is 1. The number of sulfone groups is 1. The van der Waals surface area contributed by atoms with Crippen LogP contribution in [0.2, 0.25) is 0 Å². The second kappa shape index (κ2) is 5.54. The van der Waals surface area contributed by atoms with Crippen molar-refractivity contribution in [3.05, 3.63) is 42.5 Å². The fourth-order valence-electron chi connectivity index (χ4n) is 1.87. The molecule has 2 rings (SSSR count). The zero-order valence-corrected chi connectivity index (χ0v) is 12.1. The molecule has 0 atom stereocenters. The topological polar surface area (TPSA) is 63.3 Å². The van der Waals surface area contributed by atoms with Crippen LogP contribution in [0.15, 0.2) is 47.4 Å². The van der Waals surface area contributed by atoms with Crippen LogP contribution in [0.4, 0.5) is 0 Å². The van der Waals surface area contributed by atoms with Crippen LogP contribution < -0.4 is 4.74 Å². The van der Waals surface area contributed by atoms with Gasteiger partial charge in [-0.2, -0.15) is 0 Å². The van der Waals surface area contributed by atoms with Gasteiger partial charge in [-0.25, -0.2) is 8.42 Å². The molecule has 0 aliphatic heterocycles. The van der Waals surface area contributed by atoms with Gasteiger partial charge < -0.3 is 4.74 Å². The molecule has 2 aromatic rings. The third kappa shape index (κ3) is 2.77. The monoisotopic (exact) mass is 291 g/mol. The molecule has 0 aliphatic carbocycles. The van der Waals surface area contributed by atoms with Crippen LogP contribution in [0.3, 0.4) is 0 Å². The summed E-state index contributed by atoms with van der Waals surface area (Å²) in [4.78, 5) is 0.263. The zero-order chi connectivity index (χ0) is 14.8. The van der Waals surface area contributed by atoms with Gasteiger partial charge in [0, 0.05) is 5.56 Å². The highest BCUT2D eigenvalue weighted by molar-refractivity contribution is 7.91. The van der Waals surface area contributed by atoms with E-state index in [1.54, 1.807) is 31.2 Å². The number of hydrogen-bond acceptors (Lipinski definition) is 3. The van der Waals surface area contributed by atoms with Gasteiger partial charge in [0.2, 0.25) is 0 Å². The Hall–Kier alpha value is -2.01. The van der Waals surface area contributed by atoms with E-state index in [4.69, 9.17) is 4.74 Å². The van der Waals surface area contributed by atoms with E-state index in [0.717, 1.165) is 0 Å². The Morgan fingerprint density at radius 2 is 1.70 bits per heavy atom. The summed E-state index contributed by atoms with van der Waals surface area (Å²) in [7, 11) is -1.69. The molecule has 0 aliphatic rings. The summed E-state index contributed by atoms with van der Waals surface area (Å²) in [5, 5.41) is 11.9. The van der Waals surface area contributed by atoms with Crippen molar-refractivity contribution >= 4 is 9.84 Å². The summed E-state index contributed by atoms with van der Waals surface area (Å²) in [5.41, 5.74) is 1.16. The van der Waals surface area contributed by atoms with Gasteiger partial charge in [-0.1, -0.05) is 19.1 Å². The van der Waals surface area contributed by atoms with Crippen LogP contribution in [-0.2, 0) is 14.9 Å². The van der Waals surface area contributed by atoms with Gasteiger partial charge in [0.25, 0.3) is 0 Å². The predicted octanol–water partition coefficient (Wildman–Crippen LogP) is 3.30. The average Bonchev–Trinajstić information content (AvgIpc) is 2.48. The summed E-state index contributed by atoms with van der Waals surface area (Å²) in [5.74, 6) is 0.514. The molecule has 4 nitrogen and oxygen atoms in total. The van der Waals surface area contributed by atoms with Crippen LogP contribution in [0.5, 0.6) is 11.5 Å². The molecular formula is C15H15O4S. The summed E-state index contributed by atoms with van der Waals surface area (Å²) in [6, 6.07) is 11.0. The minimum Gasteiger partial charge on any atom is -0.497 e. The first-order valence-electron chi connectivity index (χ1n) is 6.16. The second-order valence-electron chi connectivity index (χ2n) is 4.29. The van der Waals surface area contributed by atoms with Crippen molar-refractivity contribution in [3.63, 3.8) is 0 Å². The van der Waals surface area contributed by atoms with Crippen molar-refractivity contribution in [2.75, 3.05) is 12.9 Å². The first kappa shape index (κ1) is 14.4. The van der Waals surface area contributed by atoms with Crippen LogP contribution in [0.1, 0.15) is 6.92 Å². The first-order valence-corrected chi connectivity index (χ1v) is 7.81. The lowest BCUT2D eigenvalue weighted by Gasteiger charge is -2.07. The van der Waals surface area contributed by atoms with Crippen molar-refractivity contribution in [1.29, 1.82) is 0 Å². The van der Waals surface area contributed by atoms with E-state index in [1.165, 1.54) is 25.3 Å². The molecular weight excluding hydrogens is 276 g/mol. The zero-order valence-electron chi connectivity index (χ0n) is 11.3. The maximum absolute atomic E-state index is 11.9. The smallest absolute Gasteiger partial charge is 0.186 e. The third-order valence-corrected chi connectivity index (χ3v) is 4.84. The molecule has 2 aromatic carbocycles. The van der Waals surface area contributed by atoms with Gasteiger partial charge >= 0.3 is 0 Å². The normalized spacial score (nSPS) is 11.3. The number of rotatable bonds is 4. The number of benzene rings is 2. The molecule has 0 heterocycles. The van der Waals surface area contributed by atoms with Crippen molar-refractivity contribution in [3.8, 4) is 22.6 Å². The van der Waals surface area contributed by atoms with Crippen LogP contribution in [0, 0.1) is 0 Å². The molecule has 105 valence electrons. The lowest BCUT2D eigenvalue weighted by Crippen LogP contribution is -2.03. The molecule has 0 aromatic heterocycles. The fourth-order valence-corrected chi connectivity index (χ4v) is 2.75. The molecule has 0 bridgehead atoms. The Morgan fingerprint density at radius 1 is 1.05 bits per heavy atom. The second-order valence-corrected chi connectivity index (χ2v) is 6.57. The third-order valence-electron chi connectivity index (χ3n) is 3.09. The van der Waals surface area contributed by atoms with Gasteiger partial charge in [-0.05, 0) is 35.9 Å². The Kier molecular flexibility index (Phi) is 3.99. The van der Waals surface area contributed by atoms with Crippen molar-refractivity contribution in [2.24, 2.45) is 0 Å². The van der Waals surface area contributed by atoms with Crippen molar-refractivity contribution < 1.29 is 18.3 Å². The molecule has 0 spiro atoms. The fraction of sp³-hybridized carbons (Fsp3) is 0.200.